The van der Waals surface area contributed by atoms with E-state index in [0.717, 1.165) is 11.4 Å². The van der Waals surface area contributed by atoms with E-state index in [9.17, 15) is 8.42 Å². The van der Waals surface area contributed by atoms with Crippen LogP contribution in [0.25, 0.3) is 0 Å². The highest BCUT2D eigenvalue weighted by molar-refractivity contribution is 8.13. The molecule has 0 atom stereocenters. The van der Waals surface area contributed by atoms with Gasteiger partial charge in [0.15, 0.2) is 0 Å². The lowest BCUT2D eigenvalue weighted by Gasteiger charge is -2.08. The molecule has 5 nitrogen and oxygen atoms in total. The molecule has 1 aromatic heterocycles. The molecule has 0 unspecified atom stereocenters. The second-order valence-electron chi connectivity index (χ2n) is 4.22. The molecule has 2 rings (SSSR count). The van der Waals surface area contributed by atoms with Crippen LogP contribution in [-0.4, -0.2) is 18.2 Å². The van der Waals surface area contributed by atoms with Gasteiger partial charge in [-0.1, -0.05) is 11.6 Å². The summed E-state index contributed by atoms with van der Waals surface area (Å²) in [7, 11) is 3.26. The van der Waals surface area contributed by atoms with Crippen molar-refractivity contribution in [2.24, 2.45) is 7.05 Å². The average Bonchev–Trinajstić information content (AvgIpc) is 2.65. The van der Waals surface area contributed by atoms with Crippen LogP contribution in [0.15, 0.2) is 29.2 Å². The van der Waals surface area contributed by atoms with Gasteiger partial charge in [-0.3, -0.25) is 4.68 Å². The zero-order valence-electron chi connectivity index (χ0n) is 10.8. The molecule has 108 valence electrons. The molecule has 8 heteroatoms. The Morgan fingerprint density at radius 3 is 2.55 bits per heavy atom. The van der Waals surface area contributed by atoms with E-state index in [1.165, 1.54) is 18.2 Å². The molecule has 0 N–H and O–H groups in total. The third kappa shape index (κ3) is 3.45. The number of rotatable bonds is 4. The maximum Gasteiger partial charge on any atom is 0.261 e. The SMILES string of the molecule is Cc1cc(COc2ccc(S(=O)(=O)Cl)cc2Cl)n(C)n1. The van der Waals surface area contributed by atoms with Gasteiger partial charge in [-0.25, -0.2) is 8.42 Å². The maximum absolute atomic E-state index is 11.2. The van der Waals surface area contributed by atoms with Crippen LogP contribution in [0.3, 0.4) is 0 Å². The number of ether oxygens (including phenoxy) is 1. The van der Waals surface area contributed by atoms with Crippen LogP contribution in [0.1, 0.15) is 11.4 Å². The Morgan fingerprint density at radius 2 is 2.05 bits per heavy atom. The quantitative estimate of drug-likeness (QED) is 0.806. The van der Waals surface area contributed by atoms with Gasteiger partial charge < -0.3 is 4.74 Å². The van der Waals surface area contributed by atoms with Crippen LogP contribution in [0.5, 0.6) is 5.75 Å². The molecule has 0 aliphatic heterocycles. The van der Waals surface area contributed by atoms with Crippen molar-refractivity contribution in [3.63, 3.8) is 0 Å². The molecule has 1 heterocycles. The monoisotopic (exact) mass is 334 g/mol. The number of hydrogen-bond donors (Lipinski definition) is 0. The third-order valence-corrected chi connectivity index (χ3v) is 4.31. The molecule has 1 aromatic carbocycles. The Morgan fingerprint density at radius 1 is 1.35 bits per heavy atom. The predicted octanol–water partition coefficient (Wildman–Crippen LogP) is 2.89. The average molecular weight is 335 g/mol. The molecular weight excluding hydrogens is 323 g/mol. The fourth-order valence-electron chi connectivity index (χ4n) is 1.70. The van der Waals surface area contributed by atoms with Crippen LogP contribution in [0.4, 0.5) is 0 Å². The lowest BCUT2D eigenvalue weighted by molar-refractivity contribution is 0.295. The summed E-state index contributed by atoms with van der Waals surface area (Å²) in [6, 6.07) is 5.97. The highest BCUT2D eigenvalue weighted by atomic mass is 35.7. The summed E-state index contributed by atoms with van der Waals surface area (Å²) in [5, 5.41) is 4.38. The summed E-state index contributed by atoms with van der Waals surface area (Å²) in [5.74, 6) is 0.384. The lowest BCUT2D eigenvalue weighted by atomic mass is 10.3. The summed E-state index contributed by atoms with van der Waals surface area (Å²) in [6.07, 6.45) is 0. The molecule has 0 bridgehead atoms. The van der Waals surface area contributed by atoms with Gasteiger partial charge in [0.25, 0.3) is 9.05 Å². The fraction of sp³-hybridized carbons (Fsp3) is 0.250. The van der Waals surface area contributed by atoms with E-state index in [-0.39, 0.29) is 16.5 Å². The van der Waals surface area contributed by atoms with Gasteiger partial charge in [0.1, 0.15) is 12.4 Å². The summed E-state index contributed by atoms with van der Waals surface area (Å²) < 4.78 is 29.6. The number of benzene rings is 1. The molecule has 0 saturated carbocycles. The molecule has 0 fully saturated rings. The number of nitrogens with zero attached hydrogens (tertiary/aromatic N) is 2. The maximum atomic E-state index is 11.2. The van der Waals surface area contributed by atoms with E-state index >= 15 is 0 Å². The van der Waals surface area contributed by atoms with Crippen molar-refractivity contribution >= 4 is 31.3 Å². The predicted molar refractivity (Wildman–Crippen MR) is 76.8 cm³/mol. The standard InChI is InChI=1S/C12H12Cl2N2O3S/c1-8-5-9(16(2)15-8)7-19-12-4-3-10(6-11(12)13)20(14,17)18/h3-6H,7H2,1-2H3. The van der Waals surface area contributed by atoms with E-state index in [4.69, 9.17) is 27.0 Å². The van der Waals surface area contributed by atoms with Crippen LogP contribution in [0.2, 0.25) is 5.02 Å². The zero-order chi connectivity index (χ0) is 14.9. The minimum atomic E-state index is -3.79. The number of halogens is 2. The van der Waals surface area contributed by atoms with Gasteiger partial charge in [-0.2, -0.15) is 5.10 Å². The van der Waals surface area contributed by atoms with Crippen molar-refractivity contribution in [1.29, 1.82) is 0 Å². The second-order valence-corrected chi connectivity index (χ2v) is 7.19. The van der Waals surface area contributed by atoms with Gasteiger partial charge in [-0.05, 0) is 31.2 Å². The molecule has 20 heavy (non-hydrogen) atoms. The topological polar surface area (TPSA) is 61.2 Å². The van der Waals surface area contributed by atoms with E-state index in [1.807, 2.05) is 20.0 Å². The van der Waals surface area contributed by atoms with Crippen molar-refractivity contribution < 1.29 is 13.2 Å². The normalized spacial score (nSPS) is 11.6. The minimum absolute atomic E-state index is 0.0621. The summed E-state index contributed by atoms with van der Waals surface area (Å²) in [5.41, 5.74) is 1.77. The summed E-state index contributed by atoms with van der Waals surface area (Å²) in [4.78, 5) is -0.0621. The molecule has 0 aliphatic carbocycles. The van der Waals surface area contributed by atoms with Crippen molar-refractivity contribution in [3.05, 3.63) is 40.7 Å². The van der Waals surface area contributed by atoms with Crippen LogP contribution in [0, 0.1) is 6.92 Å². The molecule has 0 amide bonds. The molecule has 0 radical (unpaired) electrons. The Labute approximate surface area is 126 Å². The van der Waals surface area contributed by atoms with Crippen molar-refractivity contribution in [2.45, 2.75) is 18.4 Å². The van der Waals surface area contributed by atoms with E-state index in [0.29, 0.717) is 5.75 Å². The number of aryl methyl sites for hydroxylation is 2. The lowest BCUT2D eigenvalue weighted by Crippen LogP contribution is -2.03. The Kier molecular flexibility index (Phi) is 4.27. The number of hydrogen-bond acceptors (Lipinski definition) is 4. The van der Waals surface area contributed by atoms with Gasteiger partial charge in [-0.15, -0.1) is 0 Å². The molecule has 0 aliphatic rings. The Bertz CT molecular complexity index is 741. The highest BCUT2D eigenvalue weighted by Crippen LogP contribution is 2.29. The Balaban J connectivity index is 2.17. The molecule has 0 saturated heterocycles. The van der Waals surface area contributed by atoms with Gasteiger partial charge in [0.2, 0.25) is 0 Å². The molecular formula is C12H12Cl2N2O3S. The molecule has 2 aromatic rings. The highest BCUT2D eigenvalue weighted by Gasteiger charge is 2.13. The molecule has 0 spiro atoms. The minimum Gasteiger partial charge on any atom is -0.486 e. The van der Waals surface area contributed by atoms with Gasteiger partial charge >= 0.3 is 0 Å². The third-order valence-electron chi connectivity index (χ3n) is 2.66. The first kappa shape index (κ1) is 15.2. The van der Waals surface area contributed by atoms with E-state index < -0.39 is 9.05 Å². The second kappa shape index (κ2) is 5.63. The summed E-state index contributed by atoms with van der Waals surface area (Å²) in [6.45, 7) is 2.17. The van der Waals surface area contributed by atoms with Gasteiger partial charge in [0, 0.05) is 17.7 Å². The van der Waals surface area contributed by atoms with E-state index in [2.05, 4.69) is 5.10 Å². The van der Waals surface area contributed by atoms with Crippen LogP contribution >= 0.6 is 22.3 Å². The smallest absolute Gasteiger partial charge is 0.261 e. The van der Waals surface area contributed by atoms with Crippen molar-refractivity contribution in [2.75, 3.05) is 0 Å². The first-order chi connectivity index (χ1) is 9.27. The van der Waals surface area contributed by atoms with Crippen molar-refractivity contribution in [3.8, 4) is 5.75 Å². The zero-order valence-corrected chi connectivity index (χ0v) is 13.1. The number of aromatic nitrogens is 2. The van der Waals surface area contributed by atoms with Crippen molar-refractivity contribution in [1.82, 2.24) is 9.78 Å². The van der Waals surface area contributed by atoms with Gasteiger partial charge in [0.05, 0.1) is 21.3 Å². The fourth-order valence-corrected chi connectivity index (χ4v) is 2.78. The van der Waals surface area contributed by atoms with Crippen LogP contribution in [-0.2, 0) is 22.7 Å². The van der Waals surface area contributed by atoms with E-state index in [1.54, 1.807) is 4.68 Å². The largest absolute Gasteiger partial charge is 0.486 e. The first-order valence-corrected chi connectivity index (χ1v) is 8.32. The van der Waals surface area contributed by atoms with Crippen LogP contribution < -0.4 is 4.74 Å². The first-order valence-electron chi connectivity index (χ1n) is 5.64. The Hall–Kier alpha value is -1.24. The summed E-state index contributed by atoms with van der Waals surface area (Å²) >= 11 is 5.98.